The van der Waals surface area contributed by atoms with Gasteiger partial charge in [0.2, 0.25) is 11.8 Å². The molecule has 134 valence electrons. The quantitative estimate of drug-likeness (QED) is 0.860. The van der Waals surface area contributed by atoms with Crippen LogP contribution in [0.2, 0.25) is 0 Å². The molecule has 0 unspecified atom stereocenters. The van der Waals surface area contributed by atoms with Crippen LogP contribution in [0.25, 0.3) is 0 Å². The zero-order chi connectivity index (χ0) is 16.7. The normalized spacial score (nSPS) is 38.4. The first-order valence-corrected chi connectivity index (χ1v) is 10.1. The second kappa shape index (κ2) is 6.34. The van der Waals surface area contributed by atoms with E-state index in [2.05, 4.69) is 10.2 Å². The van der Waals surface area contributed by atoms with E-state index in [1.807, 2.05) is 6.92 Å². The van der Waals surface area contributed by atoms with Crippen molar-refractivity contribution in [2.75, 3.05) is 13.1 Å². The minimum absolute atomic E-state index is 0.133. The van der Waals surface area contributed by atoms with E-state index in [1.54, 1.807) is 0 Å². The molecule has 1 saturated heterocycles. The van der Waals surface area contributed by atoms with Crippen molar-refractivity contribution >= 4 is 11.8 Å². The van der Waals surface area contributed by atoms with E-state index in [1.165, 1.54) is 38.5 Å². The first-order chi connectivity index (χ1) is 11.5. The maximum Gasteiger partial charge on any atom is 0.223 e. The van der Waals surface area contributed by atoms with Crippen LogP contribution in [0.15, 0.2) is 0 Å². The van der Waals surface area contributed by atoms with Gasteiger partial charge in [-0.3, -0.25) is 9.59 Å². The van der Waals surface area contributed by atoms with Crippen molar-refractivity contribution in [1.82, 2.24) is 10.2 Å². The number of hydrogen-bond acceptors (Lipinski definition) is 2. The van der Waals surface area contributed by atoms with Gasteiger partial charge in [-0.15, -0.1) is 0 Å². The van der Waals surface area contributed by atoms with E-state index in [0.29, 0.717) is 17.7 Å². The Hall–Kier alpha value is -1.06. The molecule has 4 aliphatic carbocycles. The first-order valence-electron chi connectivity index (χ1n) is 10.1. The molecule has 0 radical (unpaired) electrons. The summed E-state index contributed by atoms with van der Waals surface area (Å²) in [5.41, 5.74) is 0.346. The Balaban J connectivity index is 1.30. The molecule has 5 fully saturated rings. The minimum atomic E-state index is 0.133. The summed E-state index contributed by atoms with van der Waals surface area (Å²) in [7, 11) is 0. The third-order valence-corrected chi connectivity index (χ3v) is 7.23. The van der Waals surface area contributed by atoms with Gasteiger partial charge in [0.05, 0.1) is 0 Å². The van der Waals surface area contributed by atoms with Crippen molar-refractivity contribution in [1.29, 1.82) is 0 Å². The molecule has 1 heterocycles. The fourth-order valence-corrected chi connectivity index (χ4v) is 6.54. The van der Waals surface area contributed by atoms with Crippen LogP contribution in [0.5, 0.6) is 0 Å². The summed E-state index contributed by atoms with van der Waals surface area (Å²) in [6, 6.07) is 0.265. The van der Waals surface area contributed by atoms with Gasteiger partial charge in [0.1, 0.15) is 0 Å². The molecule has 4 heteroatoms. The van der Waals surface area contributed by atoms with E-state index < -0.39 is 0 Å². The van der Waals surface area contributed by atoms with Crippen LogP contribution in [0, 0.1) is 23.2 Å². The van der Waals surface area contributed by atoms with E-state index in [9.17, 15) is 9.59 Å². The number of hydrogen-bond donors (Lipinski definition) is 1. The standard InChI is InChI=1S/C20H32N2O2/c1-2-18(23)21-17-3-5-22(6-4-17)19(24)13-20-10-14-7-15(11-20)9-16(8-14)12-20/h14-17H,2-13H2,1H3,(H,21,23). The Bertz CT molecular complexity index is 472. The summed E-state index contributed by atoms with van der Waals surface area (Å²) in [4.78, 5) is 26.5. The van der Waals surface area contributed by atoms with Crippen molar-refractivity contribution in [3.05, 3.63) is 0 Å². The molecular formula is C20H32N2O2. The zero-order valence-electron chi connectivity index (χ0n) is 15.1. The third kappa shape index (κ3) is 3.21. The van der Waals surface area contributed by atoms with E-state index in [-0.39, 0.29) is 11.9 Å². The fourth-order valence-electron chi connectivity index (χ4n) is 6.54. The average molecular weight is 332 g/mol. The Labute approximate surface area is 145 Å². The van der Waals surface area contributed by atoms with E-state index in [0.717, 1.165) is 50.1 Å². The number of carbonyl (C=O) groups excluding carboxylic acids is 2. The Morgan fingerprint density at radius 2 is 1.54 bits per heavy atom. The lowest BCUT2D eigenvalue weighted by Crippen LogP contribution is -2.50. The van der Waals surface area contributed by atoms with Crippen molar-refractivity contribution in [3.8, 4) is 0 Å². The third-order valence-electron chi connectivity index (χ3n) is 7.23. The molecule has 2 amide bonds. The molecule has 5 rings (SSSR count). The second-order valence-electron chi connectivity index (χ2n) is 9.17. The number of rotatable bonds is 4. The molecule has 0 atom stereocenters. The van der Waals surface area contributed by atoms with Gasteiger partial charge in [-0.2, -0.15) is 0 Å². The lowest BCUT2D eigenvalue weighted by atomic mass is 9.49. The average Bonchev–Trinajstić information content (AvgIpc) is 2.53. The van der Waals surface area contributed by atoms with Gasteiger partial charge in [0.25, 0.3) is 0 Å². The molecule has 1 N–H and O–H groups in total. The van der Waals surface area contributed by atoms with E-state index in [4.69, 9.17) is 0 Å². The Morgan fingerprint density at radius 1 is 1.00 bits per heavy atom. The largest absolute Gasteiger partial charge is 0.353 e. The summed E-state index contributed by atoms with van der Waals surface area (Å²) in [6.07, 6.45) is 11.4. The molecular weight excluding hydrogens is 300 g/mol. The number of likely N-dealkylation sites (tertiary alicyclic amines) is 1. The summed E-state index contributed by atoms with van der Waals surface area (Å²) >= 11 is 0. The van der Waals surface area contributed by atoms with Crippen molar-refractivity contribution in [3.63, 3.8) is 0 Å². The van der Waals surface area contributed by atoms with Gasteiger partial charge >= 0.3 is 0 Å². The first kappa shape index (κ1) is 16.4. The number of nitrogens with one attached hydrogen (secondary N) is 1. The maximum atomic E-state index is 12.9. The lowest BCUT2D eigenvalue weighted by molar-refractivity contribution is -0.140. The Kier molecular flexibility index (Phi) is 4.34. The van der Waals surface area contributed by atoms with Crippen LogP contribution in [0.3, 0.4) is 0 Å². The van der Waals surface area contributed by atoms with Gasteiger partial charge in [0, 0.05) is 32.0 Å². The van der Waals surface area contributed by atoms with Crippen LogP contribution in [-0.2, 0) is 9.59 Å². The number of carbonyl (C=O) groups is 2. The van der Waals surface area contributed by atoms with Crippen molar-refractivity contribution in [2.45, 2.75) is 77.2 Å². The second-order valence-corrected chi connectivity index (χ2v) is 9.17. The van der Waals surface area contributed by atoms with Crippen molar-refractivity contribution in [2.24, 2.45) is 23.2 Å². The SMILES string of the molecule is CCC(=O)NC1CCN(C(=O)CC23CC4CC(CC(C4)C2)C3)CC1. The van der Waals surface area contributed by atoms with Crippen LogP contribution in [0.1, 0.15) is 71.1 Å². The van der Waals surface area contributed by atoms with Gasteiger partial charge < -0.3 is 10.2 Å². The lowest BCUT2D eigenvalue weighted by Gasteiger charge is -2.57. The predicted octanol–water partition coefficient (Wildman–Crippen LogP) is 3.11. The molecule has 24 heavy (non-hydrogen) atoms. The van der Waals surface area contributed by atoms with Gasteiger partial charge in [-0.05, 0) is 74.5 Å². The van der Waals surface area contributed by atoms with Crippen LogP contribution in [0.4, 0.5) is 0 Å². The van der Waals surface area contributed by atoms with Crippen LogP contribution >= 0.6 is 0 Å². The Morgan fingerprint density at radius 3 is 2.04 bits per heavy atom. The fraction of sp³-hybridized carbons (Fsp3) is 0.900. The molecule has 1 aliphatic heterocycles. The molecule has 0 aromatic heterocycles. The van der Waals surface area contributed by atoms with Gasteiger partial charge in [-0.25, -0.2) is 0 Å². The highest BCUT2D eigenvalue weighted by Gasteiger charge is 2.51. The van der Waals surface area contributed by atoms with Crippen LogP contribution < -0.4 is 5.32 Å². The predicted molar refractivity (Wildman–Crippen MR) is 93.3 cm³/mol. The smallest absolute Gasteiger partial charge is 0.223 e. The van der Waals surface area contributed by atoms with Crippen LogP contribution in [-0.4, -0.2) is 35.8 Å². The number of piperidine rings is 1. The molecule has 4 bridgehead atoms. The molecule has 0 aromatic rings. The summed E-state index contributed by atoms with van der Waals surface area (Å²) in [5.74, 6) is 3.27. The summed E-state index contributed by atoms with van der Waals surface area (Å²) in [5, 5.41) is 3.08. The molecule has 4 saturated carbocycles. The maximum absolute atomic E-state index is 12.9. The summed E-state index contributed by atoms with van der Waals surface area (Å²) in [6.45, 7) is 3.53. The topological polar surface area (TPSA) is 49.4 Å². The summed E-state index contributed by atoms with van der Waals surface area (Å²) < 4.78 is 0. The zero-order valence-corrected chi connectivity index (χ0v) is 15.1. The number of nitrogens with zero attached hydrogens (tertiary/aromatic N) is 1. The van der Waals surface area contributed by atoms with Crippen molar-refractivity contribution < 1.29 is 9.59 Å². The van der Waals surface area contributed by atoms with Gasteiger partial charge in [0.15, 0.2) is 0 Å². The molecule has 0 aromatic carbocycles. The highest BCUT2D eigenvalue weighted by atomic mass is 16.2. The monoisotopic (exact) mass is 332 g/mol. The molecule has 0 spiro atoms. The van der Waals surface area contributed by atoms with E-state index >= 15 is 0 Å². The molecule has 4 nitrogen and oxygen atoms in total. The minimum Gasteiger partial charge on any atom is -0.353 e. The molecule has 5 aliphatic rings. The highest BCUT2D eigenvalue weighted by Crippen LogP contribution is 2.61. The van der Waals surface area contributed by atoms with Gasteiger partial charge in [-0.1, -0.05) is 6.92 Å². The highest BCUT2D eigenvalue weighted by molar-refractivity contribution is 5.77. The number of amides is 2.